The smallest absolute Gasteiger partial charge is 0.0549 e. The highest BCUT2D eigenvalue weighted by Crippen LogP contribution is 2.45. The molecule has 0 amide bonds. The standard InChI is InChI=1S/C12H23NO/c1-2-11(14)5-8-13-9-12(10-13)6-3-4-7-12/h11,14H,2-10H2,1H3. The van der Waals surface area contributed by atoms with Crippen molar-refractivity contribution < 1.29 is 5.11 Å². The molecule has 1 saturated heterocycles. The second kappa shape index (κ2) is 4.19. The number of rotatable bonds is 4. The second-order valence-corrected chi connectivity index (χ2v) is 5.27. The molecule has 2 aliphatic rings. The van der Waals surface area contributed by atoms with Crippen molar-refractivity contribution in [2.45, 2.75) is 51.6 Å². The predicted molar refractivity (Wildman–Crippen MR) is 58.3 cm³/mol. The van der Waals surface area contributed by atoms with Crippen molar-refractivity contribution in [3.8, 4) is 0 Å². The monoisotopic (exact) mass is 197 g/mol. The maximum atomic E-state index is 9.46. The van der Waals surface area contributed by atoms with Crippen LogP contribution in [0.15, 0.2) is 0 Å². The fraction of sp³-hybridized carbons (Fsp3) is 1.00. The van der Waals surface area contributed by atoms with E-state index in [1.165, 1.54) is 38.8 Å². The van der Waals surface area contributed by atoms with Crippen LogP contribution in [0.1, 0.15) is 45.4 Å². The Balaban J connectivity index is 1.63. The van der Waals surface area contributed by atoms with Gasteiger partial charge in [0, 0.05) is 19.6 Å². The predicted octanol–water partition coefficient (Wildman–Crippen LogP) is 2.02. The van der Waals surface area contributed by atoms with Gasteiger partial charge in [-0.2, -0.15) is 0 Å². The van der Waals surface area contributed by atoms with Crippen LogP contribution in [0.25, 0.3) is 0 Å². The van der Waals surface area contributed by atoms with E-state index in [4.69, 9.17) is 0 Å². The molecule has 1 heterocycles. The van der Waals surface area contributed by atoms with E-state index >= 15 is 0 Å². The Kier molecular flexibility index (Phi) is 3.13. The molecule has 82 valence electrons. The summed E-state index contributed by atoms with van der Waals surface area (Å²) in [5, 5.41) is 9.46. The van der Waals surface area contributed by atoms with Crippen LogP contribution in [-0.2, 0) is 0 Å². The minimum Gasteiger partial charge on any atom is -0.393 e. The van der Waals surface area contributed by atoms with E-state index in [0.29, 0.717) is 0 Å². The van der Waals surface area contributed by atoms with Crippen LogP contribution in [-0.4, -0.2) is 35.7 Å². The van der Waals surface area contributed by atoms with Gasteiger partial charge in [-0.05, 0) is 31.1 Å². The van der Waals surface area contributed by atoms with Gasteiger partial charge in [-0.25, -0.2) is 0 Å². The molecule has 1 aliphatic heterocycles. The van der Waals surface area contributed by atoms with Gasteiger partial charge in [0.05, 0.1) is 6.10 Å². The zero-order valence-corrected chi connectivity index (χ0v) is 9.34. The second-order valence-electron chi connectivity index (χ2n) is 5.27. The van der Waals surface area contributed by atoms with Crippen LogP contribution in [0.4, 0.5) is 0 Å². The first-order valence-corrected chi connectivity index (χ1v) is 6.14. The van der Waals surface area contributed by atoms with E-state index in [2.05, 4.69) is 11.8 Å². The van der Waals surface area contributed by atoms with Gasteiger partial charge in [-0.15, -0.1) is 0 Å². The van der Waals surface area contributed by atoms with Gasteiger partial charge >= 0.3 is 0 Å². The highest BCUT2D eigenvalue weighted by atomic mass is 16.3. The van der Waals surface area contributed by atoms with Gasteiger partial charge in [0.25, 0.3) is 0 Å². The Morgan fingerprint density at radius 2 is 1.93 bits per heavy atom. The molecule has 14 heavy (non-hydrogen) atoms. The topological polar surface area (TPSA) is 23.5 Å². The van der Waals surface area contributed by atoms with Crippen molar-refractivity contribution in [1.82, 2.24) is 4.90 Å². The average molecular weight is 197 g/mol. The first-order valence-electron chi connectivity index (χ1n) is 6.14. The Bertz CT molecular complexity index is 179. The summed E-state index contributed by atoms with van der Waals surface area (Å²) in [6, 6.07) is 0. The molecule has 2 heteroatoms. The van der Waals surface area contributed by atoms with Crippen molar-refractivity contribution in [3.63, 3.8) is 0 Å². The first kappa shape index (κ1) is 10.4. The summed E-state index contributed by atoms with van der Waals surface area (Å²) in [5.74, 6) is 0. The molecule has 1 unspecified atom stereocenters. The minimum atomic E-state index is -0.0740. The van der Waals surface area contributed by atoms with Crippen molar-refractivity contribution in [3.05, 3.63) is 0 Å². The average Bonchev–Trinajstić information content (AvgIpc) is 2.61. The third kappa shape index (κ3) is 2.12. The summed E-state index contributed by atoms with van der Waals surface area (Å²) in [5.41, 5.74) is 0.719. The fourth-order valence-corrected chi connectivity index (χ4v) is 3.04. The number of hydrogen-bond acceptors (Lipinski definition) is 2. The van der Waals surface area contributed by atoms with E-state index in [1.807, 2.05) is 0 Å². The van der Waals surface area contributed by atoms with Crippen molar-refractivity contribution >= 4 is 0 Å². The third-order valence-electron chi connectivity index (χ3n) is 4.03. The van der Waals surface area contributed by atoms with E-state index in [1.54, 1.807) is 0 Å². The third-order valence-corrected chi connectivity index (χ3v) is 4.03. The maximum Gasteiger partial charge on any atom is 0.0549 e. The normalized spacial score (nSPS) is 27.9. The summed E-state index contributed by atoms with van der Waals surface area (Å²) < 4.78 is 0. The lowest BCUT2D eigenvalue weighted by Gasteiger charge is -2.48. The summed E-state index contributed by atoms with van der Waals surface area (Å²) in [6.07, 6.45) is 7.61. The lowest BCUT2D eigenvalue weighted by molar-refractivity contribution is -0.00372. The van der Waals surface area contributed by atoms with Crippen LogP contribution >= 0.6 is 0 Å². The molecule has 1 N–H and O–H groups in total. The van der Waals surface area contributed by atoms with Crippen LogP contribution in [0, 0.1) is 5.41 Å². The molecule has 0 radical (unpaired) electrons. The lowest BCUT2D eigenvalue weighted by Crippen LogP contribution is -2.55. The molecule has 1 spiro atoms. The van der Waals surface area contributed by atoms with Crippen LogP contribution in [0.2, 0.25) is 0 Å². The molecule has 1 atom stereocenters. The van der Waals surface area contributed by atoms with Crippen LogP contribution in [0.3, 0.4) is 0 Å². The van der Waals surface area contributed by atoms with Gasteiger partial charge < -0.3 is 10.0 Å². The Hall–Kier alpha value is -0.0800. The molecule has 0 bridgehead atoms. The van der Waals surface area contributed by atoms with Crippen LogP contribution in [0.5, 0.6) is 0 Å². The zero-order chi connectivity index (χ0) is 10.0. The summed E-state index contributed by atoms with van der Waals surface area (Å²) >= 11 is 0. The number of likely N-dealkylation sites (tertiary alicyclic amines) is 1. The molecular weight excluding hydrogens is 174 g/mol. The molecule has 0 aromatic heterocycles. The molecule has 2 nitrogen and oxygen atoms in total. The van der Waals surface area contributed by atoms with Gasteiger partial charge in [0.15, 0.2) is 0 Å². The Labute approximate surface area is 87.3 Å². The number of hydrogen-bond donors (Lipinski definition) is 1. The van der Waals surface area contributed by atoms with Crippen molar-refractivity contribution in [2.24, 2.45) is 5.41 Å². The largest absolute Gasteiger partial charge is 0.393 e. The Morgan fingerprint density at radius 1 is 1.29 bits per heavy atom. The van der Waals surface area contributed by atoms with E-state index in [0.717, 1.165) is 24.8 Å². The van der Waals surface area contributed by atoms with Gasteiger partial charge in [0.1, 0.15) is 0 Å². The van der Waals surface area contributed by atoms with E-state index in [9.17, 15) is 5.11 Å². The van der Waals surface area contributed by atoms with Crippen molar-refractivity contribution in [1.29, 1.82) is 0 Å². The van der Waals surface area contributed by atoms with Crippen molar-refractivity contribution in [2.75, 3.05) is 19.6 Å². The molecule has 1 saturated carbocycles. The van der Waals surface area contributed by atoms with Gasteiger partial charge in [-0.1, -0.05) is 19.8 Å². The number of aliphatic hydroxyl groups is 1. The SMILES string of the molecule is CCC(O)CCN1CC2(CCCC2)C1. The molecule has 2 fully saturated rings. The quantitative estimate of drug-likeness (QED) is 0.745. The Morgan fingerprint density at radius 3 is 2.50 bits per heavy atom. The summed E-state index contributed by atoms with van der Waals surface area (Å²) in [7, 11) is 0. The van der Waals surface area contributed by atoms with Crippen LogP contribution < -0.4 is 0 Å². The van der Waals surface area contributed by atoms with E-state index < -0.39 is 0 Å². The highest BCUT2D eigenvalue weighted by Gasteiger charge is 2.43. The summed E-state index contributed by atoms with van der Waals surface area (Å²) in [6.45, 7) is 5.78. The number of nitrogens with zero attached hydrogens (tertiary/aromatic N) is 1. The first-order chi connectivity index (χ1) is 6.74. The maximum absolute atomic E-state index is 9.46. The molecule has 1 aliphatic carbocycles. The molecular formula is C12H23NO. The highest BCUT2D eigenvalue weighted by molar-refractivity contribution is 4.97. The summed E-state index contributed by atoms with van der Waals surface area (Å²) in [4.78, 5) is 2.52. The van der Waals surface area contributed by atoms with E-state index in [-0.39, 0.29) is 6.10 Å². The number of aliphatic hydroxyl groups excluding tert-OH is 1. The van der Waals surface area contributed by atoms with Gasteiger partial charge in [-0.3, -0.25) is 0 Å². The van der Waals surface area contributed by atoms with Gasteiger partial charge in [0.2, 0.25) is 0 Å². The molecule has 0 aromatic carbocycles. The minimum absolute atomic E-state index is 0.0740. The zero-order valence-electron chi connectivity index (χ0n) is 9.34. The lowest BCUT2D eigenvalue weighted by atomic mass is 9.78. The fourth-order valence-electron chi connectivity index (χ4n) is 3.04. The molecule has 0 aromatic rings. The molecule has 2 rings (SSSR count).